The number of hydrogen-bond donors (Lipinski definition) is 0. The highest BCUT2D eigenvalue weighted by Crippen LogP contribution is 2.48. The summed E-state index contributed by atoms with van der Waals surface area (Å²) < 4.78 is 0. The smallest absolute Gasteiger partial charge is 0.0699 e. The Kier molecular flexibility index (Phi) is 1.69. The van der Waals surface area contributed by atoms with Crippen LogP contribution in [0.5, 0.6) is 0 Å². The highest BCUT2D eigenvalue weighted by molar-refractivity contribution is 5.36. The second-order valence-corrected chi connectivity index (χ2v) is 4.63. The molecule has 1 aliphatic rings. The number of fused-ring (bicyclic) bond motifs is 1. The van der Waals surface area contributed by atoms with Crippen LogP contribution in [0.2, 0.25) is 0 Å². The lowest BCUT2D eigenvalue weighted by Gasteiger charge is -2.26. The van der Waals surface area contributed by atoms with E-state index in [2.05, 4.69) is 44.0 Å². The Morgan fingerprint density at radius 3 is 2.62 bits per heavy atom. The summed E-state index contributed by atoms with van der Waals surface area (Å²) in [5.74, 6) is 1.19. The normalized spacial score (nSPS) is 30.2. The van der Waals surface area contributed by atoms with E-state index < -0.39 is 0 Å². The molecular weight excluding hydrogens is 160 g/mol. The molecule has 0 radical (unpaired) electrons. The molecule has 2 rings (SSSR count). The molecule has 2 atom stereocenters. The van der Waals surface area contributed by atoms with Gasteiger partial charge in [-0.1, -0.05) is 27.7 Å². The van der Waals surface area contributed by atoms with Gasteiger partial charge in [0, 0.05) is 12.1 Å². The maximum atomic E-state index is 4.24. The molecule has 0 fully saturated rings. The molecule has 0 spiro atoms. The van der Waals surface area contributed by atoms with Crippen LogP contribution < -0.4 is 0 Å². The summed E-state index contributed by atoms with van der Waals surface area (Å²) in [6.45, 7) is 9.13. The Labute approximate surface area is 79.4 Å². The minimum atomic E-state index is 0.255. The third-order valence-electron chi connectivity index (χ3n) is 3.76. The Morgan fingerprint density at radius 2 is 2.00 bits per heavy atom. The number of rotatable bonds is 0. The maximum Gasteiger partial charge on any atom is 0.0699 e. The van der Waals surface area contributed by atoms with Crippen molar-refractivity contribution in [2.45, 2.75) is 39.0 Å². The molecule has 1 heterocycles. The van der Waals surface area contributed by atoms with Crippen molar-refractivity contribution >= 4 is 0 Å². The summed E-state index contributed by atoms with van der Waals surface area (Å²) in [6, 6.07) is 2.11. The van der Waals surface area contributed by atoms with Gasteiger partial charge in [-0.3, -0.25) is 0 Å². The van der Waals surface area contributed by atoms with Gasteiger partial charge in [0.1, 0.15) is 0 Å². The minimum absolute atomic E-state index is 0.255. The van der Waals surface area contributed by atoms with Crippen molar-refractivity contribution in [2.75, 3.05) is 0 Å². The first-order valence-electron chi connectivity index (χ1n) is 4.87. The number of nitrogens with zero attached hydrogens (tertiary/aromatic N) is 2. The number of aromatic nitrogens is 2. The molecular formula is C11H16N2. The zero-order chi connectivity index (χ0) is 9.64. The van der Waals surface area contributed by atoms with Crippen molar-refractivity contribution < 1.29 is 0 Å². The van der Waals surface area contributed by atoms with E-state index in [1.54, 1.807) is 6.20 Å². The third kappa shape index (κ3) is 1.01. The molecule has 0 saturated heterocycles. The summed E-state index contributed by atoms with van der Waals surface area (Å²) in [7, 11) is 0. The average Bonchev–Trinajstić information content (AvgIpc) is 2.30. The summed E-state index contributed by atoms with van der Waals surface area (Å²) in [6.07, 6.45) is 1.80. The molecule has 13 heavy (non-hydrogen) atoms. The van der Waals surface area contributed by atoms with Crippen molar-refractivity contribution in [3.63, 3.8) is 0 Å². The first-order valence-corrected chi connectivity index (χ1v) is 4.87. The van der Waals surface area contributed by atoms with Crippen molar-refractivity contribution in [3.05, 3.63) is 23.5 Å². The van der Waals surface area contributed by atoms with Crippen LogP contribution in [0.1, 0.15) is 44.9 Å². The maximum absolute atomic E-state index is 4.24. The van der Waals surface area contributed by atoms with Gasteiger partial charge in [-0.05, 0) is 23.0 Å². The molecule has 0 amide bonds. The van der Waals surface area contributed by atoms with Crippen LogP contribution in [-0.2, 0) is 5.41 Å². The van der Waals surface area contributed by atoms with Crippen molar-refractivity contribution in [3.8, 4) is 0 Å². The van der Waals surface area contributed by atoms with Crippen LogP contribution in [0.25, 0.3) is 0 Å². The molecule has 2 heteroatoms. The lowest BCUT2D eigenvalue weighted by molar-refractivity contribution is 0.341. The van der Waals surface area contributed by atoms with Crippen molar-refractivity contribution in [1.82, 2.24) is 10.2 Å². The molecule has 70 valence electrons. The van der Waals surface area contributed by atoms with Gasteiger partial charge < -0.3 is 0 Å². The van der Waals surface area contributed by atoms with E-state index in [9.17, 15) is 0 Å². The third-order valence-corrected chi connectivity index (χ3v) is 3.76. The fourth-order valence-electron chi connectivity index (χ4n) is 2.33. The molecule has 1 aromatic heterocycles. The lowest BCUT2D eigenvalue weighted by atomic mass is 9.78. The average molecular weight is 176 g/mol. The standard InChI is InChI=1S/C11H16N2/c1-7-8(2)11(3,4)9-5-6-12-13-10(7)9/h5-8H,1-4H3/t7-,8-/m0/s1. The van der Waals surface area contributed by atoms with Gasteiger partial charge in [-0.2, -0.15) is 10.2 Å². The second-order valence-electron chi connectivity index (χ2n) is 4.63. The molecule has 0 bridgehead atoms. The topological polar surface area (TPSA) is 25.8 Å². The molecule has 2 nitrogen and oxygen atoms in total. The van der Waals surface area contributed by atoms with Crippen LogP contribution in [0, 0.1) is 5.92 Å². The van der Waals surface area contributed by atoms with Crippen LogP contribution in [0.15, 0.2) is 12.3 Å². The van der Waals surface area contributed by atoms with Gasteiger partial charge >= 0.3 is 0 Å². The summed E-state index contributed by atoms with van der Waals surface area (Å²) in [4.78, 5) is 0. The molecule has 0 aliphatic heterocycles. The first kappa shape index (κ1) is 8.67. The highest BCUT2D eigenvalue weighted by atomic mass is 15.1. The molecule has 0 saturated carbocycles. The summed E-state index contributed by atoms with van der Waals surface area (Å²) >= 11 is 0. The van der Waals surface area contributed by atoms with Crippen molar-refractivity contribution in [2.24, 2.45) is 5.92 Å². The predicted octanol–water partition coefficient (Wildman–Crippen LogP) is 2.51. The summed E-state index contributed by atoms with van der Waals surface area (Å²) in [5, 5.41) is 8.19. The molecule has 0 N–H and O–H groups in total. The largest absolute Gasteiger partial charge is 0.159 e. The SMILES string of the molecule is C[C@@H]1c2nnccc2C(C)(C)[C@H]1C. The molecule has 1 aliphatic carbocycles. The van der Waals surface area contributed by atoms with Crippen LogP contribution in [0.3, 0.4) is 0 Å². The van der Waals surface area contributed by atoms with Gasteiger partial charge in [-0.15, -0.1) is 0 Å². The van der Waals surface area contributed by atoms with Gasteiger partial charge in [0.25, 0.3) is 0 Å². The van der Waals surface area contributed by atoms with E-state index in [-0.39, 0.29) is 5.41 Å². The first-order chi connectivity index (χ1) is 6.05. The quantitative estimate of drug-likeness (QED) is 0.607. The Bertz CT molecular complexity index is 331. The van der Waals surface area contributed by atoms with E-state index in [4.69, 9.17) is 0 Å². The Hall–Kier alpha value is -0.920. The Balaban J connectivity index is 2.61. The Morgan fingerprint density at radius 1 is 1.31 bits per heavy atom. The van der Waals surface area contributed by atoms with E-state index >= 15 is 0 Å². The fraction of sp³-hybridized carbons (Fsp3) is 0.636. The van der Waals surface area contributed by atoms with Crippen LogP contribution in [-0.4, -0.2) is 10.2 Å². The lowest BCUT2D eigenvalue weighted by Crippen LogP contribution is -2.22. The van der Waals surface area contributed by atoms with E-state index in [0.29, 0.717) is 11.8 Å². The molecule has 0 aromatic carbocycles. The van der Waals surface area contributed by atoms with Gasteiger partial charge in [0.2, 0.25) is 0 Å². The van der Waals surface area contributed by atoms with Gasteiger partial charge in [0.05, 0.1) is 5.69 Å². The second kappa shape index (κ2) is 2.53. The van der Waals surface area contributed by atoms with Gasteiger partial charge in [0.15, 0.2) is 0 Å². The predicted molar refractivity (Wildman–Crippen MR) is 52.6 cm³/mol. The highest BCUT2D eigenvalue weighted by Gasteiger charge is 2.42. The van der Waals surface area contributed by atoms with E-state index in [1.807, 2.05) is 0 Å². The van der Waals surface area contributed by atoms with E-state index in [1.165, 1.54) is 11.3 Å². The van der Waals surface area contributed by atoms with Gasteiger partial charge in [-0.25, -0.2) is 0 Å². The van der Waals surface area contributed by atoms with Crippen LogP contribution in [0.4, 0.5) is 0 Å². The van der Waals surface area contributed by atoms with Crippen molar-refractivity contribution in [1.29, 1.82) is 0 Å². The molecule has 1 aromatic rings. The monoisotopic (exact) mass is 176 g/mol. The van der Waals surface area contributed by atoms with E-state index in [0.717, 1.165) is 0 Å². The zero-order valence-corrected chi connectivity index (χ0v) is 8.70. The summed E-state index contributed by atoms with van der Waals surface area (Å²) in [5.41, 5.74) is 2.83. The zero-order valence-electron chi connectivity index (χ0n) is 8.70. The minimum Gasteiger partial charge on any atom is -0.159 e. The van der Waals surface area contributed by atoms with Crippen LogP contribution >= 0.6 is 0 Å². The number of hydrogen-bond acceptors (Lipinski definition) is 2. The fourth-order valence-corrected chi connectivity index (χ4v) is 2.33. The molecule has 0 unspecified atom stereocenters.